The Balaban J connectivity index is 1.88. The lowest BCUT2D eigenvalue weighted by Crippen LogP contribution is -2.13. The van der Waals surface area contributed by atoms with E-state index in [0.717, 1.165) is 11.3 Å². The molecule has 0 radical (unpaired) electrons. The summed E-state index contributed by atoms with van der Waals surface area (Å²) < 4.78 is 0. The molecule has 5 heteroatoms. The molecule has 0 aliphatic heterocycles. The van der Waals surface area contributed by atoms with E-state index in [1.165, 1.54) is 6.33 Å². The van der Waals surface area contributed by atoms with E-state index in [4.69, 9.17) is 5.26 Å². The number of nitrogens with one attached hydrogen (secondary N) is 1. The van der Waals surface area contributed by atoms with Gasteiger partial charge >= 0.3 is 0 Å². The SMILES string of the molecule is N#Cc1cc(CNCc2ccncn2)ccn1. The third-order valence-corrected chi connectivity index (χ3v) is 2.22. The zero-order chi connectivity index (χ0) is 11.9. The van der Waals surface area contributed by atoms with Gasteiger partial charge < -0.3 is 5.32 Å². The van der Waals surface area contributed by atoms with Crippen molar-refractivity contribution in [3.63, 3.8) is 0 Å². The van der Waals surface area contributed by atoms with E-state index >= 15 is 0 Å². The van der Waals surface area contributed by atoms with Crippen LogP contribution in [-0.4, -0.2) is 15.0 Å². The molecule has 84 valence electrons. The lowest BCUT2D eigenvalue weighted by atomic mass is 10.2. The molecule has 0 unspecified atom stereocenters. The standard InChI is InChI=1S/C12H11N5/c13-6-12-5-10(1-4-16-12)7-15-8-11-2-3-14-9-17-11/h1-5,9,15H,7-8H2. The zero-order valence-electron chi connectivity index (χ0n) is 9.17. The van der Waals surface area contributed by atoms with E-state index in [2.05, 4.69) is 20.3 Å². The van der Waals surface area contributed by atoms with Crippen LogP contribution in [0.2, 0.25) is 0 Å². The number of rotatable bonds is 4. The second-order valence-corrected chi connectivity index (χ2v) is 3.47. The maximum atomic E-state index is 8.72. The third kappa shape index (κ3) is 3.33. The minimum atomic E-state index is 0.436. The fourth-order valence-electron chi connectivity index (χ4n) is 1.40. The molecule has 2 rings (SSSR count). The summed E-state index contributed by atoms with van der Waals surface area (Å²) in [4.78, 5) is 11.9. The first-order chi connectivity index (χ1) is 8.38. The summed E-state index contributed by atoms with van der Waals surface area (Å²) in [5.74, 6) is 0. The lowest BCUT2D eigenvalue weighted by Gasteiger charge is -2.04. The molecule has 0 aliphatic carbocycles. The van der Waals surface area contributed by atoms with Crippen LogP contribution in [0.25, 0.3) is 0 Å². The lowest BCUT2D eigenvalue weighted by molar-refractivity contribution is 0.677. The maximum Gasteiger partial charge on any atom is 0.140 e. The van der Waals surface area contributed by atoms with Gasteiger partial charge in [0.1, 0.15) is 18.1 Å². The minimum Gasteiger partial charge on any atom is -0.307 e. The Morgan fingerprint density at radius 1 is 1.18 bits per heavy atom. The van der Waals surface area contributed by atoms with Gasteiger partial charge in [-0.3, -0.25) is 0 Å². The van der Waals surface area contributed by atoms with Crippen molar-refractivity contribution in [2.24, 2.45) is 0 Å². The number of pyridine rings is 1. The molecule has 2 heterocycles. The van der Waals surface area contributed by atoms with Gasteiger partial charge in [0.05, 0.1) is 5.69 Å². The number of nitriles is 1. The van der Waals surface area contributed by atoms with Crippen molar-refractivity contribution in [3.8, 4) is 6.07 Å². The van der Waals surface area contributed by atoms with Crippen LogP contribution in [0.4, 0.5) is 0 Å². The highest BCUT2D eigenvalue weighted by molar-refractivity contribution is 5.25. The summed E-state index contributed by atoms with van der Waals surface area (Å²) >= 11 is 0. The molecule has 0 saturated carbocycles. The van der Waals surface area contributed by atoms with Gasteiger partial charge in [-0.2, -0.15) is 5.26 Å². The predicted molar refractivity (Wildman–Crippen MR) is 61.5 cm³/mol. The van der Waals surface area contributed by atoms with Crippen molar-refractivity contribution in [1.29, 1.82) is 5.26 Å². The molecule has 0 aromatic carbocycles. The topological polar surface area (TPSA) is 74.5 Å². The number of nitrogens with zero attached hydrogens (tertiary/aromatic N) is 4. The van der Waals surface area contributed by atoms with Gasteiger partial charge in [0.15, 0.2) is 0 Å². The van der Waals surface area contributed by atoms with Crippen molar-refractivity contribution in [2.75, 3.05) is 0 Å². The van der Waals surface area contributed by atoms with Gasteiger partial charge in [-0.25, -0.2) is 15.0 Å². The van der Waals surface area contributed by atoms with Crippen LogP contribution >= 0.6 is 0 Å². The first kappa shape index (κ1) is 11.2. The monoisotopic (exact) mass is 225 g/mol. The largest absolute Gasteiger partial charge is 0.307 e. The smallest absolute Gasteiger partial charge is 0.140 e. The first-order valence-corrected chi connectivity index (χ1v) is 5.19. The highest BCUT2D eigenvalue weighted by Gasteiger charge is 1.97. The van der Waals surface area contributed by atoms with Gasteiger partial charge in [-0.1, -0.05) is 0 Å². The summed E-state index contributed by atoms with van der Waals surface area (Å²) in [7, 11) is 0. The molecule has 2 aromatic heterocycles. The Hall–Kier alpha value is -2.32. The third-order valence-electron chi connectivity index (χ3n) is 2.22. The van der Waals surface area contributed by atoms with E-state index < -0.39 is 0 Å². The summed E-state index contributed by atoms with van der Waals surface area (Å²) in [5, 5.41) is 12.0. The number of hydrogen-bond donors (Lipinski definition) is 1. The average Bonchev–Trinajstić information content (AvgIpc) is 2.40. The van der Waals surface area contributed by atoms with Crippen LogP contribution in [0.5, 0.6) is 0 Å². The predicted octanol–water partition coefficient (Wildman–Crippen LogP) is 1.03. The molecule has 0 saturated heterocycles. The second-order valence-electron chi connectivity index (χ2n) is 3.47. The zero-order valence-corrected chi connectivity index (χ0v) is 9.17. The summed E-state index contributed by atoms with van der Waals surface area (Å²) in [5.41, 5.74) is 2.41. The van der Waals surface area contributed by atoms with Crippen molar-refractivity contribution in [3.05, 3.63) is 53.9 Å². The quantitative estimate of drug-likeness (QED) is 0.841. The average molecular weight is 225 g/mol. The Labute approximate surface area is 99.2 Å². The highest BCUT2D eigenvalue weighted by atomic mass is 14.9. The molecule has 0 spiro atoms. The molecule has 17 heavy (non-hydrogen) atoms. The summed E-state index contributed by atoms with van der Waals surface area (Å²) in [6, 6.07) is 7.53. The Kier molecular flexibility index (Phi) is 3.73. The van der Waals surface area contributed by atoms with Crippen LogP contribution in [0.15, 0.2) is 36.9 Å². The first-order valence-electron chi connectivity index (χ1n) is 5.19. The Bertz CT molecular complexity index is 518. The molecular formula is C12H11N5. The number of hydrogen-bond acceptors (Lipinski definition) is 5. The van der Waals surface area contributed by atoms with Crippen molar-refractivity contribution < 1.29 is 0 Å². The summed E-state index contributed by atoms with van der Waals surface area (Å²) in [6.45, 7) is 1.36. The van der Waals surface area contributed by atoms with Crippen LogP contribution in [-0.2, 0) is 13.1 Å². The molecule has 1 N–H and O–H groups in total. The second kappa shape index (κ2) is 5.68. The Morgan fingerprint density at radius 2 is 2.12 bits per heavy atom. The molecule has 5 nitrogen and oxygen atoms in total. The van der Waals surface area contributed by atoms with Crippen LogP contribution in [0, 0.1) is 11.3 Å². The normalized spacial score (nSPS) is 9.82. The Morgan fingerprint density at radius 3 is 2.88 bits per heavy atom. The van der Waals surface area contributed by atoms with Gasteiger partial charge in [0, 0.05) is 25.5 Å². The molecule has 2 aromatic rings. The van der Waals surface area contributed by atoms with Crippen LogP contribution in [0.3, 0.4) is 0 Å². The molecular weight excluding hydrogens is 214 g/mol. The number of aromatic nitrogens is 3. The van der Waals surface area contributed by atoms with Gasteiger partial charge in [0.2, 0.25) is 0 Å². The molecule has 0 amide bonds. The molecule has 0 fully saturated rings. The van der Waals surface area contributed by atoms with Crippen molar-refractivity contribution in [2.45, 2.75) is 13.1 Å². The highest BCUT2D eigenvalue weighted by Crippen LogP contribution is 2.01. The molecule has 0 atom stereocenters. The minimum absolute atomic E-state index is 0.436. The van der Waals surface area contributed by atoms with E-state index in [0.29, 0.717) is 18.8 Å². The van der Waals surface area contributed by atoms with E-state index in [1.54, 1.807) is 18.5 Å². The van der Waals surface area contributed by atoms with Crippen LogP contribution in [0.1, 0.15) is 17.0 Å². The van der Waals surface area contributed by atoms with Crippen LogP contribution < -0.4 is 5.32 Å². The fraction of sp³-hybridized carbons (Fsp3) is 0.167. The van der Waals surface area contributed by atoms with Crippen molar-refractivity contribution >= 4 is 0 Å². The molecule has 0 bridgehead atoms. The van der Waals surface area contributed by atoms with E-state index in [-0.39, 0.29) is 0 Å². The fourth-order valence-corrected chi connectivity index (χ4v) is 1.40. The maximum absolute atomic E-state index is 8.72. The van der Waals surface area contributed by atoms with Gasteiger partial charge in [0.25, 0.3) is 0 Å². The van der Waals surface area contributed by atoms with E-state index in [1.807, 2.05) is 18.2 Å². The van der Waals surface area contributed by atoms with E-state index in [9.17, 15) is 0 Å². The van der Waals surface area contributed by atoms with Gasteiger partial charge in [-0.05, 0) is 23.8 Å². The van der Waals surface area contributed by atoms with Gasteiger partial charge in [-0.15, -0.1) is 0 Å². The summed E-state index contributed by atoms with van der Waals surface area (Å²) in [6.07, 6.45) is 4.88. The van der Waals surface area contributed by atoms with Crippen molar-refractivity contribution in [1.82, 2.24) is 20.3 Å². The molecule has 0 aliphatic rings.